The molecule has 0 saturated heterocycles. The molecule has 6 nitrogen and oxygen atoms in total. The molecule has 0 aliphatic heterocycles. The number of anilines is 1. The van der Waals surface area contributed by atoms with Gasteiger partial charge in [0.25, 0.3) is 0 Å². The predicted molar refractivity (Wildman–Crippen MR) is 92.3 cm³/mol. The molecule has 0 fully saturated rings. The molecule has 0 saturated carbocycles. The minimum Gasteiger partial charge on any atom is -0.422 e. The van der Waals surface area contributed by atoms with Crippen molar-refractivity contribution in [3.8, 4) is 0 Å². The second kappa shape index (κ2) is 7.05. The van der Waals surface area contributed by atoms with Gasteiger partial charge in [-0.15, -0.1) is 0 Å². The van der Waals surface area contributed by atoms with Crippen molar-refractivity contribution in [2.45, 2.75) is 13.8 Å². The van der Waals surface area contributed by atoms with Gasteiger partial charge in [-0.2, -0.15) is 0 Å². The van der Waals surface area contributed by atoms with E-state index in [2.05, 4.69) is 0 Å². The monoisotopic (exact) mass is 359 g/mol. The maximum absolute atomic E-state index is 12.4. The molecular formula is C15H19ClNO5P. The molecule has 0 radical (unpaired) electrons. The predicted octanol–water partition coefficient (Wildman–Crippen LogP) is 3.40. The molecule has 0 aliphatic carbocycles. The topological polar surface area (TPSA) is 69.0 Å². The highest BCUT2D eigenvalue weighted by Crippen LogP contribution is 2.44. The second-order valence-corrected chi connectivity index (χ2v) is 7.41. The highest BCUT2D eigenvalue weighted by Gasteiger charge is 2.30. The van der Waals surface area contributed by atoms with E-state index in [0.717, 1.165) is 18.8 Å². The molecule has 1 aromatic carbocycles. The third-order valence-corrected chi connectivity index (χ3v) is 5.83. The van der Waals surface area contributed by atoms with Crippen LogP contribution in [0, 0.1) is 0 Å². The molecule has 2 rings (SSSR count). The van der Waals surface area contributed by atoms with Gasteiger partial charge in [0.15, 0.2) is 5.30 Å². The number of rotatable bonds is 6. The van der Waals surface area contributed by atoms with Gasteiger partial charge in [-0.3, -0.25) is 4.57 Å². The summed E-state index contributed by atoms with van der Waals surface area (Å²) in [5.41, 5.74) is 0.392. The van der Waals surface area contributed by atoms with Gasteiger partial charge in [-0.25, -0.2) is 4.79 Å². The lowest BCUT2D eigenvalue weighted by Gasteiger charge is -2.22. The van der Waals surface area contributed by atoms with Crippen molar-refractivity contribution < 1.29 is 18.0 Å². The van der Waals surface area contributed by atoms with Crippen molar-refractivity contribution in [2.24, 2.45) is 0 Å². The average Bonchev–Trinajstić information content (AvgIpc) is 2.55. The average molecular weight is 360 g/mol. The number of hydrogen-bond acceptors (Lipinski definition) is 6. The molecule has 126 valence electrons. The van der Waals surface area contributed by atoms with Gasteiger partial charge in [0.1, 0.15) is 5.58 Å². The lowest BCUT2D eigenvalue weighted by atomic mass is 10.2. The molecular weight excluding hydrogens is 341 g/mol. The van der Waals surface area contributed by atoms with Crippen LogP contribution in [0.15, 0.2) is 27.4 Å². The highest BCUT2D eigenvalue weighted by molar-refractivity contribution is 7.62. The van der Waals surface area contributed by atoms with Crippen LogP contribution in [0.3, 0.4) is 0 Å². The van der Waals surface area contributed by atoms with Crippen LogP contribution in [0.1, 0.15) is 13.8 Å². The first-order valence-corrected chi connectivity index (χ1v) is 9.06. The van der Waals surface area contributed by atoms with Crippen molar-refractivity contribution in [2.75, 3.05) is 32.2 Å². The third-order valence-electron chi connectivity index (χ3n) is 3.66. The number of benzene rings is 1. The molecule has 2 aromatic rings. The number of hydrogen-bond donors (Lipinski definition) is 0. The standard InChI is InChI=1S/C15H19ClNO5P/c1-5-17(6-2)12-9-13-10(7-11(12)16)8-14(15(18)22-13)23(19,20-3)21-4/h7-9H,5-6H2,1-4H3. The van der Waals surface area contributed by atoms with Gasteiger partial charge in [0.05, 0.1) is 10.7 Å². The quantitative estimate of drug-likeness (QED) is 0.581. The van der Waals surface area contributed by atoms with E-state index >= 15 is 0 Å². The fourth-order valence-corrected chi connectivity index (χ4v) is 3.79. The van der Waals surface area contributed by atoms with E-state index in [9.17, 15) is 9.36 Å². The molecule has 0 amide bonds. The van der Waals surface area contributed by atoms with E-state index in [1.807, 2.05) is 18.7 Å². The zero-order chi connectivity index (χ0) is 17.2. The minimum absolute atomic E-state index is 0.151. The van der Waals surface area contributed by atoms with E-state index < -0.39 is 13.2 Å². The van der Waals surface area contributed by atoms with Gasteiger partial charge in [-0.05, 0) is 26.0 Å². The van der Waals surface area contributed by atoms with Crippen LogP contribution < -0.4 is 15.8 Å². The summed E-state index contributed by atoms with van der Waals surface area (Å²) in [7, 11) is -1.27. The van der Waals surface area contributed by atoms with Crippen LogP contribution in [0.4, 0.5) is 5.69 Å². The first kappa shape index (κ1) is 18.0. The summed E-state index contributed by atoms with van der Waals surface area (Å²) >= 11 is 6.34. The van der Waals surface area contributed by atoms with E-state index in [1.165, 1.54) is 20.3 Å². The van der Waals surface area contributed by atoms with Gasteiger partial charge in [0.2, 0.25) is 0 Å². The molecule has 1 heterocycles. The van der Waals surface area contributed by atoms with E-state index in [-0.39, 0.29) is 5.30 Å². The van der Waals surface area contributed by atoms with Crippen LogP contribution in [0.5, 0.6) is 0 Å². The Balaban J connectivity index is 2.70. The first-order chi connectivity index (χ1) is 10.9. The van der Waals surface area contributed by atoms with Gasteiger partial charge >= 0.3 is 13.2 Å². The number of fused-ring (bicyclic) bond motifs is 1. The highest BCUT2D eigenvalue weighted by atomic mass is 35.5. The van der Waals surface area contributed by atoms with Crippen molar-refractivity contribution in [3.05, 3.63) is 33.6 Å². The lowest BCUT2D eigenvalue weighted by Crippen LogP contribution is -2.25. The molecule has 23 heavy (non-hydrogen) atoms. The van der Waals surface area contributed by atoms with Gasteiger partial charge in [0, 0.05) is 38.8 Å². The van der Waals surface area contributed by atoms with Gasteiger partial charge < -0.3 is 18.4 Å². The summed E-state index contributed by atoms with van der Waals surface area (Å²) < 4.78 is 27.5. The van der Waals surface area contributed by atoms with Gasteiger partial charge in [-0.1, -0.05) is 11.6 Å². The second-order valence-electron chi connectivity index (χ2n) is 4.80. The largest absolute Gasteiger partial charge is 0.422 e. The summed E-state index contributed by atoms with van der Waals surface area (Å²) in [6.07, 6.45) is 0. The van der Waals surface area contributed by atoms with Crippen LogP contribution in [0.25, 0.3) is 11.0 Å². The Morgan fingerprint density at radius 1 is 1.17 bits per heavy atom. The van der Waals surface area contributed by atoms with E-state index in [1.54, 1.807) is 12.1 Å². The third kappa shape index (κ3) is 3.31. The zero-order valence-electron chi connectivity index (χ0n) is 13.5. The Bertz CT molecular complexity index is 807. The molecule has 8 heteroatoms. The SMILES string of the molecule is CCN(CC)c1cc2oc(=O)c(P(=O)(OC)OC)cc2cc1Cl. The summed E-state index contributed by atoms with van der Waals surface area (Å²) in [4.78, 5) is 14.2. The summed E-state index contributed by atoms with van der Waals surface area (Å²) in [6, 6.07) is 4.82. The fourth-order valence-electron chi connectivity index (χ4n) is 2.39. The molecule has 0 spiro atoms. The summed E-state index contributed by atoms with van der Waals surface area (Å²) in [6.45, 7) is 5.56. The van der Waals surface area contributed by atoms with Crippen LogP contribution in [-0.2, 0) is 13.6 Å². The summed E-state index contributed by atoms with van der Waals surface area (Å²) in [5, 5.41) is 0.919. The molecule has 1 aromatic heterocycles. The van der Waals surface area contributed by atoms with Crippen molar-refractivity contribution in [1.29, 1.82) is 0 Å². The Morgan fingerprint density at radius 3 is 2.30 bits per heavy atom. The van der Waals surface area contributed by atoms with E-state index in [4.69, 9.17) is 25.1 Å². The maximum Gasteiger partial charge on any atom is 0.368 e. The zero-order valence-corrected chi connectivity index (χ0v) is 15.1. The molecule has 0 N–H and O–H groups in total. The number of halogens is 1. The molecule has 0 unspecified atom stereocenters. The number of nitrogens with zero attached hydrogens (tertiary/aromatic N) is 1. The molecule has 0 aliphatic rings. The van der Waals surface area contributed by atoms with Crippen molar-refractivity contribution in [1.82, 2.24) is 0 Å². The fraction of sp³-hybridized carbons (Fsp3) is 0.400. The smallest absolute Gasteiger partial charge is 0.368 e. The summed E-state index contributed by atoms with van der Waals surface area (Å²) in [5.74, 6) is 0. The molecule has 0 bridgehead atoms. The minimum atomic E-state index is -3.69. The molecule has 0 atom stereocenters. The van der Waals surface area contributed by atoms with Crippen LogP contribution in [-0.4, -0.2) is 27.3 Å². The van der Waals surface area contributed by atoms with Crippen LogP contribution in [0.2, 0.25) is 5.02 Å². The Kier molecular flexibility index (Phi) is 5.53. The first-order valence-electron chi connectivity index (χ1n) is 7.14. The Hall–Kier alpha value is -1.33. The van der Waals surface area contributed by atoms with Crippen molar-refractivity contribution >= 4 is 41.2 Å². The lowest BCUT2D eigenvalue weighted by molar-refractivity contribution is 0.286. The Labute approximate surface area is 139 Å². The normalized spacial score (nSPS) is 11.9. The van der Waals surface area contributed by atoms with E-state index in [0.29, 0.717) is 16.0 Å². The van der Waals surface area contributed by atoms with Crippen molar-refractivity contribution in [3.63, 3.8) is 0 Å². The Morgan fingerprint density at radius 2 is 1.78 bits per heavy atom. The van der Waals surface area contributed by atoms with Crippen LogP contribution >= 0.6 is 19.2 Å². The maximum atomic E-state index is 12.4.